The van der Waals surface area contributed by atoms with Crippen LogP contribution in [0, 0.1) is 0 Å². The molecular weight excluding hydrogens is 285 g/mol. The second-order valence-electron chi connectivity index (χ2n) is 3.35. The van der Waals surface area contributed by atoms with Crippen molar-refractivity contribution in [3.05, 3.63) is 11.9 Å². The minimum absolute atomic E-state index is 1.01. The normalized spacial score (nSPS) is 15.8. The molecule has 0 aromatic carbocycles. The van der Waals surface area contributed by atoms with Gasteiger partial charge in [-0.3, -0.25) is 0 Å². The van der Waals surface area contributed by atoms with Crippen molar-refractivity contribution in [2.75, 3.05) is 0 Å². The zero-order valence-electron chi connectivity index (χ0n) is 9.87. The molecule has 0 spiro atoms. The zero-order chi connectivity index (χ0) is 14.7. The average molecular weight is 298 g/mol. The quantitative estimate of drug-likeness (QED) is 0.476. The summed E-state index contributed by atoms with van der Waals surface area (Å²) < 4.78 is 62.7. The van der Waals surface area contributed by atoms with Crippen LogP contribution in [0.2, 0.25) is 0 Å². The van der Waals surface area contributed by atoms with Gasteiger partial charge in [-0.2, -0.15) is 0 Å². The van der Waals surface area contributed by atoms with E-state index in [0.29, 0.717) is 0 Å². The van der Waals surface area contributed by atoms with Crippen molar-refractivity contribution in [1.29, 1.82) is 0 Å². The van der Waals surface area contributed by atoms with Crippen LogP contribution in [-0.4, -0.2) is 15.1 Å². The van der Waals surface area contributed by atoms with Crippen LogP contribution >= 0.6 is 7.81 Å². The molecule has 0 aliphatic rings. The summed E-state index contributed by atoms with van der Waals surface area (Å²) in [4.78, 5) is 0. The van der Waals surface area contributed by atoms with Crippen LogP contribution in [0.3, 0.4) is 0 Å². The fourth-order valence-electron chi connectivity index (χ4n) is 0.860. The van der Waals surface area contributed by atoms with Gasteiger partial charge in [-0.1, -0.05) is 17.7 Å². The van der Waals surface area contributed by atoms with Crippen LogP contribution in [0.5, 0.6) is 0 Å². The van der Waals surface area contributed by atoms with Crippen LogP contribution < -0.4 is 4.68 Å². The number of rotatable bonds is 2. The van der Waals surface area contributed by atoms with Crippen LogP contribution in [0.4, 0.5) is 25.2 Å². The van der Waals surface area contributed by atoms with E-state index in [4.69, 9.17) is 0 Å². The fourth-order valence-corrected chi connectivity index (χ4v) is 0.860. The monoisotopic (exact) mass is 298 g/mol. The first kappa shape index (κ1) is 16.8. The van der Waals surface area contributed by atoms with Gasteiger partial charge in [0.1, 0.15) is 5.21 Å². The second kappa shape index (κ2) is 4.49. The number of aryl methyl sites for hydroxylation is 2. The molecule has 0 fully saturated rings. The van der Waals surface area contributed by atoms with Crippen molar-refractivity contribution in [3.63, 3.8) is 0 Å². The number of nitrogens with zero attached hydrogens (tertiary/aromatic N) is 4. The Bertz CT molecular complexity index is 402. The zero-order valence-corrected chi connectivity index (χ0v) is 10.8. The van der Waals surface area contributed by atoms with E-state index in [9.17, 15) is 25.2 Å². The topological polar surface area (TPSA) is 34.6 Å². The Morgan fingerprint density at radius 3 is 1.94 bits per heavy atom. The Kier molecular flexibility index (Phi) is 4.20. The van der Waals surface area contributed by atoms with E-state index in [1.165, 1.54) is 0 Å². The summed E-state index contributed by atoms with van der Waals surface area (Å²) in [6.07, 6.45) is 5.13. The molecule has 108 valence electrons. The molecule has 0 aliphatic carbocycles. The molecular formula is C7H13F6N4P. The predicted molar refractivity (Wildman–Crippen MR) is 55.1 cm³/mol. The van der Waals surface area contributed by atoms with Gasteiger partial charge < -0.3 is 0 Å². The van der Waals surface area contributed by atoms with Gasteiger partial charge in [0.15, 0.2) is 5.21 Å². The average Bonchev–Trinajstić information content (AvgIpc) is 2.38. The molecule has 0 saturated heterocycles. The first-order chi connectivity index (χ1) is 7.70. The van der Waals surface area contributed by atoms with Crippen molar-refractivity contribution >= 4 is 13.9 Å². The van der Waals surface area contributed by atoms with E-state index in [-0.39, 0.29) is 0 Å². The first-order valence-electron chi connectivity index (χ1n) is 4.69. The number of tetrazole rings is 1. The van der Waals surface area contributed by atoms with Crippen molar-refractivity contribution in [2.45, 2.75) is 13.3 Å². The summed E-state index contributed by atoms with van der Waals surface area (Å²) in [5, 5.41) is 7.69. The molecule has 0 saturated carbocycles. The number of hydrogen-bond acceptors (Lipinski definition) is 2. The first-order valence-corrected chi connectivity index (χ1v) is 6.72. The van der Waals surface area contributed by atoms with Gasteiger partial charge in [-0.25, -0.2) is 0 Å². The van der Waals surface area contributed by atoms with Crippen molar-refractivity contribution < 1.29 is 29.9 Å². The Hall–Kier alpha value is -1.18. The third-order valence-electron chi connectivity index (χ3n) is 1.47. The van der Waals surface area contributed by atoms with Gasteiger partial charge in [0.05, 0.1) is 14.1 Å². The third-order valence-corrected chi connectivity index (χ3v) is 1.47. The molecule has 0 amide bonds. The van der Waals surface area contributed by atoms with Gasteiger partial charge in [0, 0.05) is 6.08 Å². The van der Waals surface area contributed by atoms with Gasteiger partial charge in [0.25, 0.3) is 5.82 Å². The molecule has 0 aliphatic heterocycles. The molecule has 1 heterocycles. The van der Waals surface area contributed by atoms with Crippen LogP contribution in [0.15, 0.2) is 6.08 Å². The summed E-state index contributed by atoms with van der Waals surface area (Å²) in [6.45, 7) is 2.10. The Labute approximate surface area is 99.1 Å². The molecule has 1 aromatic rings. The molecule has 11 heteroatoms. The Morgan fingerprint density at radius 2 is 1.67 bits per heavy atom. The molecule has 0 unspecified atom stereocenters. The third kappa shape index (κ3) is 11.3. The van der Waals surface area contributed by atoms with Gasteiger partial charge in [-0.15, -0.1) is 4.68 Å². The molecule has 0 radical (unpaired) electrons. The van der Waals surface area contributed by atoms with Crippen LogP contribution in [-0.2, 0) is 14.1 Å². The maximum atomic E-state index is 9.87. The van der Waals surface area contributed by atoms with E-state index in [0.717, 1.165) is 12.2 Å². The Morgan fingerprint density at radius 1 is 1.22 bits per heavy atom. The molecule has 18 heavy (non-hydrogen) atoms. The summed E-state index contributed by atoms with van der Waals surface area (Å²) in [5.74, 6) is 1.01. The van der Waals surface area contributed by atoms with Crippen molar-refractivity contribution in [1.82, 2.24) is 15.1 Å². The van der Waals surface area contributed by atoms with Crippen LogP contribution in [0.1, 0.15) is 19.2 Å². The van der Waals surface area contributed by atoms with Gasteiger partial charge >= 0.3 is 33.0 Å². The van der Waals surface area contributed by atoms with Crippen LogP contribution in [0.25, 0.3) is 6.08 Å². The van der Waals surface area contributed by atoms with Gasteiger partial charge in [-0.05, 0) is 6.42 Å². The van der Waals surface area contributed by atoms with E-state index in [1.807, 2.05) is 20.2 Å². The molecule has 0 atom stereocenters. The molecule has 1 aromatic heterocycles. The Balaban J connectivity index is 0.000000360. The maximum absolute atomic E-state index is 10.7. The summed E-state index contributed by atoms with van der Waals surface area (Å²) in [7, 11) is -6.90. The molecule has 4 nitrogen and oxygen atoms in total. The van der Waals surface area contributed by atoms with E-state index < -0.39 is 7.81 Å². The number of allylic oxidation sites excluding steroid dienone is 1. The summed E-state index contributed by atoms with van der Waals surface area (Å²) in [5.41, 5.74) is 0. The predicted octanol–water partition coefficient (Wildman–Crippen LogP) is 3.45. The van der Waals surface area contributed by atoms with E-state index in [2.05, 4.69) is 23.4 Å². The molecule has 0 bridgehead atoms. The van der Waals surface area contributed by atoms with E-state index >= 15 is 0 Å². The minimum atomic E-state index is -10.7. The summed E-state index contributed by atoms with van der Waals surface area (Å²) in [6, 6.07) is 0. The number of halogens is 6. The number of aromatic nitrogens is 4. The van der Waals surface area contributed by atoms with Crippen molar-refractivity contribution in [2.24, 2.45) is 14.1 Å². The second-order valence-corrected chi connectivity index (χ2v) is 5.27. The fraction of sp³-hybridized carbons (Fsp3) is 0.571. The van der Waals surface area contributed by atoms with Crippen molar-refractivity contribution in [3.8, 4) is 0 Å². The van der Waals surface area contributed by atoms with E-state index in [1.54, 1.807) is 9.36 Å². The molecule has 1 rings (SSSR count). The van der Waals surface area contributed by atoms with Gasteiger partial charge in [0.2, 0.25) is 0 Å². The number of hydrogen-bond donors (Lipinski definition) is 0. The molecule has 0 N–H and O–H groups in total. The SMILES string of the molecule is CC/C=C/c1n(C)nn[n+]1C.F[P-](F)(F)(F)(F)F. The summed E-state index contributed by atoms with van der Waals surface area (Å²) >= 11 is 0. The standard InChI is InChI=1S/C7H13N4.F6P/c1-4-5-6-7-10(2)8-9-11(7)3;1-7(2,3,4,5)6/h5-6H,4H2,1-3H3;/q+1;-1/b6-5+;.